The summed E-state index contributed by atoms with van der Waals surface area (Å²) in [7, 11) is 1.99. The maximum Gasteiger partial charge on any atom is 0.315 e. The summed E-state index contributed by atoms with van der Waals surface area (Å²) >= 11 is 0. The van der Waals surface area contributed by atoms with Gasteiger partial charge in [0.2, 0.25) is 0 Å². The predicted molar refractivity (Wildman–Crippen MR) is 85.0 cm³/mol. The number of fused-ring (bicyclic) bond motifs is 1. The van der Waals surface area contributed by atoms with Crippen LogP contribution in [-0.2, 0) is 20.0 Å². The fourth-order valence-corrected chi connectivity index (χ4v) is 2.65. The van der Waals surface area contributed by atoms with E-state index in [4.69, 9.17) is 4.74 Å². The zero-order valence-corrected chi connectivity index (χ0v) is 12.9. The highest BCUT2D eigenvalue weighted by Gasteiger charge is 2.22. The van der Waals surface area contributed by atoms with E-state index in [0.29, 0.717) is 13.1 Å². The van der Waals surface area contributed by atoms with Crippen molar-refractivity contribution in [3.63, 3.8) is 0 Å². The number of carbonyl (C=O) groups is 1. The molecule has 2 heterocycles. The third-order valence-electron chi connectivity index (χ3n) is 4.11. The molecule has 0 radical (unpaired) electrons. The molecule has 2 aromatic rings. The van der Waals surface area contributed by atoms with Gasteiger partial charge in [-0.1, -0.05) is 18.2 Å². The first-order valence-electron chi connectivity index (χ1n) is 7.51. The van der Waals surface area contributed by atoms with Crippen molar-refractivity contribution < 1.29 is 9.53 Å². The molecule has 0 unspecified atom stereocenters. The second kappa shape index (κ2) is 6.13. The highest BCUT2D eigenvalue weighted by atomic mass is 16.5. The summed E-state index contributed by atoms with van der Waals surface area (Å²) < 4.78 is 7.86. The Morgan fingerprint density at radius 1 is 1.27 bits per heavy atom. The second-order valence-electron chi connectivity index (χ2n) is 5.64. The molecule has 5 nitrogen and oxygen atoms in total. The summed E-state index contributed by atoms with van der Waals surface area (Å²) in [5.41, 5.74) is 3.46. The van der Waals surface area contributed by atoms with Gasteiger partial charge < -0.3 is 19.9 Å². The molecule has 2 amide bonds. The smallest absolute Gasteiger partial charge is 0.315 e. The fourth-order valence-electron chi connectivity index (χ4n) is 2.65. The number of carbonyl (C=O) groups excluding carboxylic acids is 1. The van der Waals surface area contributed by atoms with Gasteiger partial charge in [0.05, 0.1) is 13.1 Å². The Morgan fingerprint density at radius 3 is 2.82 bits per heavy atom. The van der Waals surface area contributed by atoms with Crippen LogP contribution in [0, 0.1) is 6.92 Å². The second-order valence-corrected chi connectivity index (χ2v) is 5.64. The number of benzene rings is 1. The number of urea groups is 1. The van der Waals surface area contributed by atoms with Gasteiger partial charge in [0.25, 0.3) is 0 Å². The first kappa shape index (κ1) is 14.5. The monoisotopic (exact) mass is 299 g/mol. The number of aromatic nitrogens is 1. The molecule has 1 aliphatic heterocycles. The van der Waals surface area contributed by atoms with Crippen LogP contribution in [0.3, 0.4) is 0 Å². The number of nitrogens with zero attached hydrogens (tertiary/aromatic N) is 1. The van der Waals surface area contributed by atoms with Crippen LogP contribution in [0.4, 0.5) is 4.79 Å². The first-order valence-corrected chi connectivity index (χ1v) is 7.51. The van der Waals surface area contributed by atoms with Gasteiger partial charge in [0.15, 0.2) is 0 Å². The fraction of sp³-hybridized carbons (Fsp3) is 0.353. The summed E-state index contributed by atoms with van der Waals surface area (Å²) in [5, 5.41) is 5.74. The molecule has 0 saturated carbocycles. The Hall–Kier alpha value is -2.43. The summed E-state index contributed by atoms with van der Waals surface area (Å²) in [6.45, 7) is 3.06. The van der Waals surface area contributed by atoms with Crippen LogP contribution in [0.2, 0.25) is 0 Å². The van der Waals surface area contributed by atoms with Crippen molar-refractivity contribution in [2.45, 2.75) is 26.0 Å². The molecule has 0 spiro atoms. The van der Waals surface area contributed by atoms with Gasteiger partial charge in [-0.2, -0.15) is 0 Å². The van der Waals surface area contributed by atoms with Gasteiger partial charge in [0, 0.05) is 24.9 Å². The van der Waals surface area contributed by atoms with Crippen LogP contribution in [0.5, 0.6) is 5.75 Å². The lowest BCUT2D eigenvalue weighted by molar-refractivity contribution is 0.213. The minimum Gasteiger partial charge on any atom is -0.488 e. The summed E-state index contributed by atoms with van der Waals surface area (Å²) in [4.78, 5) is 11.9. The lowest BCUT2D eigenvalue weighted by Crippen LogP contribution is -2.40. The van der Waals surface area contributed by atoms with Crippen LogP contribution < -0.4 is 15.4 Å². The number of ether oxygens (including phenoxy) is 1. The van der Waals surface area contributed by atoms with E-state index in [2.05, 4.69) is 21.3 Å². The average molecular weight is 299 g/mol. The van der Waals surface area contributed by atoms with Crippen molar-refractivity contribution in [2.24, 2.45) is 7.05 Å². The molecule has 0 aliphatic carbocycles. The third-order valence-corrected chi connectivity index (χ3v) is 4.11. The van der Waals surface area contributed by atoms with Gasteiger partial charge in [-0.05, 0) is 30.7 Å². The van der Waals surface area contributed by atoms with Crippen molar-refractivity contribution in [1.82, 2.24) is 15.2 Å². The molecule has 0 saturated heterocycles. The zero-order valence-electron chi connectivity index (χ0n) is 12.9. The van der Waals surface area contributed by atoms with E-state index in [9.17, 15) is 4.79 Å². The zero-order chi connectivity index (χ0) is 15.5. The minimum absolute atomic E-state index is 0.0143. The van der Waals surface area contributed by atoms with Gasteiger partial charge >= 0.3 is 6.03 Å². The van der Waals surface area contributed by atoms with Crippen LogP contribution in [0.1, 0.15) is 17.0 Å². The first-order chi connectivity index (χ1) is 10.6. The predicted octanol–water partition coefficient (Wildman–Crippen LogP) is 2.14. The molecule has 1 atom stereocenters. The Labute approximate surface area is 130 Å². The van der Waals surface area contributed by atoms with Crippen molar-refractivity contribution in [3.05, 3.63) is 53.3 Å². The van der Waals surface area contributed by atoms with E-state index >= 15 is 0 Å². The Bertz CT molecular complexity index is 653. The van der Waals surface area contributed by atoms with Crippen molar-refractivity contribution in [2.75, 3.05) is 6.54 Å². The molecule has 3 rings (SSSR count). The normalized spacial score (nSPS) is 16.0. The average Bonchev–Trinajstić information content (AvgIpc) is 3.07. The van der Waals surface area contributed by atoms with E-state index in [1.165, 1.54) is 11.3 Å². The lowest BCUT2D eigenvalue weighted by atomic mass is 10.1. The van der Waals surface area contributed by atoms with Gasteiger partial charge in [0.1, 0.15) is 11.9 Å². The number of hydrogen-bond acceptors (Lipinski definition) is 2. The standard InChI is InChI=1S/C17H21N3O2/c1-12-7-8-14(20(12)2)10-18-17(21)19-11-15-9-13-5-3-4-6-16(13)22-15/h3-8,15H,9-11H2,1-2H3,(H2,18,19,21)/t15-/m1/s1. The third kappa shape index (κ3) is 3.08. The topological polar surface area (TPSA) is 55.3 Å². The molecule has 2 N–H and O–H groups in total. The number of amides is 2. The quantitative estimate of drug-likeness (QED) is 0.909. The van der Waals surface area contributed by atoms with E-state index in [1.807, 2.05) is 44.3 Å². The summed E-state index contributed by atoms with van der Waals surface area (Å²) in [6.07, 6.45) is 0.855. The SMILES string of the molecule is Cc1ccc(CNC(=O)NC[C@H]2Cc3ccccc3O2)n1C. The van der Waals surface area contributed by atoms with Gasteiger partial charge in [-0.15, -0.1) is 0 Å². The number of aryl methyl sites for hydroxylation is 1. The number of hydrogen-bond donors (Lipinski definition) is 2. The Morgan fingerprint density at radius 2 is 2.09 bits per heavy atom. The van der Waals surface area contributed by atoms with Crippen LogP contribution in [0.15, 0.2) is 36.4 Å². The van der Waals surface area contributed by atoms with Gasteiger partial charge in [-0.25, -0.2) is 4.79 Å². The number of nitrogens with one attached hydrogen (secondary N) is 2. The van der Waals surface area contributed by atoms with Crippen molar-refractivity contribution in [3.8, 4) is 5.75 Å². The molecule has 1 aromatic heterocycles. The highest BCUT2D eigenvalue weighted by molar-refractivity contribution is 5.73. The van der Waals surface area contributed by atoms with E-state index in [1.54, 1.807) is 0 Å². The number of para-hydroxylation sites is 1. The molecule has 1 aromatic carbocycles. The van der Waals surface area contributed by atoms with Gasteiger partial charge in [-0.3, -0.25) is 0 Å². The molecule has 0 bridgehead atoms. The number of rotatable bonds is 4. The largest absolute Gasteiger partial charge is 0.488 e. The summed E-state index contributed by atoms with van der Waals surface area (Å²) in [5.74, 6) is 0.925. The molecule has 116 valence electrons. The Kier molecular flexibility index (Phi) is 4.04. The van der Waals surface area contributed by atoms with Crippen LogP contribution in [0.25, 0.3) is 0 Å². The van der Waals surface area contributed by atoms with E-state index in [-0.39, 0.29) is 12.1 Å². The van der Waals surface area contributed by atoms with Crippen LogP contribution >= 0.6 is 0 Å². The highest BCUT2D eigenvalue weighted by Crippen LogP contribution is 2.27. The van der Waals surface area contributed by atoms with Crippen molar-refractivity contribution >= 4 is 6.03 Å². The molecular formula is C17H21N3O2. The minimum atomic E-state index is -0.168. The maximum atomic E-state index is 11.9. The van der Waals surface area contributed by atoms with Crippen molar-refractivity contribution in [1.29, 1.82) is 0 Å². The molecule has 0 fully saturated rings. The lowest BCUT2D eigenvalue weighted by Gasteiger charge is -2.13. The molecule has 1 aliphatic rings. The van der Waals surface area contributed by atoms with E-state index in [0.717, 1.165) is 17.9 Å². The van der Waals surface area contributed by atoms with E-state index < -0.39 is 0 Å². The van der Waals surface area contributed by atoms with Crippen LogP contribution in [-0.4, -0.2) is 23.2 Å². The molecule has 5 heteroatoms. The molecular weight excluding hydrogens is 278 g/mol. The Balaban J connectivity index is 1.43. The summed E-state index contributed by atoms with van der Waals surface area (Å²) in [6, 6.07) is 11.9. The molecule has 22 heavy (non-hydrogen) atoms. The maximum absolute atomic E-state index is 11.9.